The van der Waals surface area contributed by atoms with E-state index < -0.39 is 12.3 Å². The van der Waals surface area contributed by atoms with Crippen LogP contribution in [0.2, 0.25) is 0 Å². The van der Waals surface area contributed by atoms with Crippen molar-refractivity contribution in [1.29, 1.82) is 0 Å². The van der Waals surface area contributed by atoms with Crippen LogP contribution in [0.15, 0.2) is 42.7 Å². The van der Waals surface area contributed by atoms with Gasteiger partial charge in [-0.3, -0.25) is 9.88 Å². The largest absolute Gasteiger partial charge is 0.366 e. The zero-order chi connectivity index (χ0) is 17.2. The van der Waals surface area contributed by atoms with Crippen molar-refractivity contribution in [3.8, 4) is 0 Å². The maximum absolute atomic E-state index is 14.2. The third-order valence-electron chi connectivity index (χ3n) is 4.40. The number of likely N-dealkylation sites (tertiary alicyclic amines) is 1. The minimum Gasteiger partial charge on any atom is -0.366 e. The Labute approximate surface area is 143 Å². The number of alkyl halides is 1. The number of nitrogens with zero attached hydrogens (tertiary/aromatic N) is 3. The maximum atomic E-state index is 14.2. The smallest absolute Gasteiger partial charge is 0.145 e. The molecule has 3 aromatic rings. The van der Waals surface area contributed by atoms with Gasteiger partial charge in [-0.15, -0.1) is 0 Å². The molecule has 1 aliphatic heterocycles. The van der Waals surface area contributed by atoms with Crippen LogP contribution in [0.25, 0.3) is 11.0 Å². The number of hydrogen-bond donors (Lipinski definition) is 1. The topological polar surface area (TPSA) is 54.0 Å². The van der Waals surface area contributed by atoms with Gasteiger partial charge in [-0.2, -0.15) is 0 Å². The van der Waals surface area contributed by atoms with Gasteiger partial charge in [0.1, 0.15) is 30.5 Å². The summed E-state index contributed by atoms with van der Waals surface area (Å²) in [5.41, 5.74) is 2.30. The molecule has 0 radical (unpaired) electrons. The summed E-state index contributed by atoms with van der Waals surface area (Å²) >= 11 is 0. The fourth-order valence-electron chi connectivity index (χ4n) is 3.13. The number of nitrogens with one attached hydrogen (secondary N) is 1. The second-order valence-corrected chi connectivity index (χ2v) is 6.23. The summed E-state index contributed by atoms with van der Waals surface area (Å²) in [5, 5.41) is 0. The van der Waals surface area contributed by atoms with Crippen molar-refractivity contribution in [2.75, 3.05) is 13.1 Å². The zero-order valence-electron chi connectivity index (χ0n) is 13.5. The molecule has 0 amide bonds. The van der Waals surface area contributed by atoms with Crippen molar-refractivity contribution in [3.05, 3.63) is 59.9 Å². The summed E-state index contributed by atoms with van der Waals surface area (Å²) in [5.74, 6) is 0.302. The maximum Gasteiger partial charge on any atom is 0.145 e. The second kappa shape index (κ2) is 6.85. The normalized spacial score (nSPS) is 21.2. The van der Waals surface area contributed by atoms with Crippen molar-refractivity contribution >= 4 is 11.0 Å². The minimum atomic E-state index is -1.10. The van der Waals surface area contributed by atoms with Gasteiger partial charge >= 0.3 is 0 Å². The summed E-state index contributed by atoms with van der Waals surface area (Å²) in [7, 11) is 0. The Kier molecular flexibility index (Phi) is 4.42. The fourth-order valence-corrected chi connectivity index (χ4v) is 3.13. The molecule has 0 spiro atoms. The number of H-pyrrole nitrogens is 1. The van der Waals surface area contributed by atoms with Gasteiger partial charge < -0.3 is 9.72 Å². The molecule has 130 valence electrons. The summed E-state index contributed by atoms with van der Waals surface area (Å²) in [6.07, 6.45) is 1.07. The van der Waals surface area contributed by atoms with Crippen LogP contribution in [0.4, 0.5) is 8.78 Å². The lowest BCUT2D eigenvalue weighted by molar-refractivity contribution is 0.00862. The lowest BCUT2D eigenvalue weighted by Crippen LogP contribution is -2.24. The summed E-state index contributed by atoms with van der Waals surface area (Å²) < 4.78 is 33.6. The Balaban J connectivity index is 1.36. The standard InChI is InChI=1S/C18H18F2N4O/c19-13-7-21-6-5-12(13)8-24-9-14(20)17(10-24)25-11-18-22-15-3-1-2-4-16(15)23-18/h1-7,14,17H,8-11H2,(H,22,23)/t14-,17+/m1/s1. The van der Waals surface area contributed by atoms with Crippen molar-refractivity contribution < 1.29 is 13.5 Å². The predicted molar refractivity (Wildman–Crippen MR) is 89.0 cm³/mol. The van der Waals surface area contributed by atoms with E-state index in [9.17, 15) is 8.78 Å². The molecular formula is C18H18F2N4O. The Morgan fingerprint density at radius 3 is 2.96 bits per heavy atom. The molecule has 1 N–H and O–H groups in total. The molecule has 0 unspecified atom stereocenters. The van der Waals surface area contributed by atoms with Crippen LogP contribution >= 0.6 is 0 Å². The van der Waals surface area contributed by atoms with E-state index in [1.807, 2.05) is 29.2 Å². The first-order valence-electron chi connectivity index (χ1n) is 8.19. The number of ether oxygens (including phenoxy) is 1. The van der Waals surface area contributed by atoms with E-state index in [1.54, 1.807) is 6.07 Å². The molecule has 0 bridgehead atoms. The Bertz CT molecular complexity index is 836. The number of benzene rings is 1. The third-order valence-corrected chi connectivity index (χ3v) is 4.40. The van der Waals surface area contributed by atoms with Gasteiger partial charge in [0.15, 0.2) is 0 Å². The van der Waals surface area contributed by atoms with Gasteiger partial charge in [0.05, 0.1) is 17.2 Å². The fraction of sp³-hybridized carbons (Fsp3) is 0.333. The van der Waals surface area contributed by atoms with Crippen molar-refractivity contribution in [2.45, 2.75) is 25.4 Å². The van der Waals surface area contributed by atoms with Crippen LogP contribution in [-0.4, -0.2) is 45.2 Å². The van der Waals surface area contributed by atoms with Gasteiger partial charge in [0, 0.05) is 31.4 Å². The van der Waals surface area contributed by atoms with Crippen LogP contribution in [0.3, 0.4) is 0 Å². The number of imidazole rings is 1. The second-order valence-electron chi connectivity index (χ2n) is 6.23. The molecular weight excluding hydrogens is 326 g/mol. The van der Waals surface area contributed by atoms with E-state index in [0.29, 0.717) is 24.5 Å². The molecule has 2 atom stereocenters. The van der Waals surface area contributed by atoms with Gasteiger partial charge in [-0.1, -0.05) is 12.1 Å². The lowest BCUT2D eigenvalue weighted by atomic mass is 10.2. The van der Waals surface area contributed by atoms with Crippen molar-refractivity contribution in [3.63, 3.8) is 0 Å². The zero-order valence-corrected chi connectivity index (χ0v) is 13.5. The van der Waals surface area contributed by atoms with Gasteiger partial charge in [0.25, 0.3) is 0 Å². The van der Waals surface area contributed by atoms with Gasteiger partial charge in [-0.25, -0.2) is 13.8 Å². The number of aromatic amines is 1. The van der Waals surface area contributed by atoms with Crippen LogP contribution in [0, 0.1) is 5.82 Å². The molecule has 0 saturated carbocycles. The number of rotatable bonds is 5. The molecule has 2 aromatic heterocycles. The molecule has 1 aliphatic rings. The molecule has 3 heterocycles. The average Bonchev–Trinajstić information content (AvgIpc) is 3.18. The molecule has 25 heavy (non-hydrogen) atoms. The average molecular weight is 344 g/mol. The van der Waals surface area contributed by atoms with E-state index in [1.165, 1.54) is 12.4 Å². The Morgan fingerprint density at radius 1 is 1.24 bits per heavy atom. The van der Waals surface area contributed by atoms with Gasteiger partial charge in [0.2, 0.25) is 0 Å². The number of pyridine rings is 1. The molecule has 0 aliphatic carbocycles. The number of fused-ring (bicyclic) bond motifs is 1. The molecule has 1 fully saturated rings. The van der Waals surface area contributed by atoms with Crippen LogP contribution in [-0.2, 0) is 17.9 Å². The third kappa shape index (κ3) is 3.52. The molecule has 1 saturated heterocycles. The highest BCUT2D eigenvalue weighted by Crippen LogP contribution is 2.21. The first-order chi connectivity index (χ1) is 12.2. The molecule has 1 aromatic carbocycles. The lowest BCUT2D eigenvalue weighted by Gasteiger charge is -2.15. The first kappa shape index (κ1) is 16.1. The van der Waals surface area contributed by atoms with Crippen molar-refractivity contribution in [1.82, 2.24) is 19.9 Å². The molecule has 7 heteroatoms. The highest BCUT2D eigenvalue weighted by Gasteiger charge is 2.34. The van der Waals surface area contributed by atoms with E-state index in [4.69, 9.17) is 4.74 Å². The van der Waals surface area contributed by atoms with Crippen LogP contribution in [0.1, 0.15) is 11.4 Å². The number of halogens is 2. The van der Waals surface area contributed by atoms with Crippen LogP contribution < -0.4 is 0 Å². The SMILES string of the molecule is Fc1cnccc1CN1C[C@@H](F)[C@@H](OCc2nc3ccccc3[nH]2)C1. The Morgan fingerprint density at radius 2 is 2.12 bits per heavy atom. The van der Waals surface area contributed by atoms with Gasteiger partial charge in [-0.05, 0) is 18.2 Å². The van der Waals surface area contributed by atoms with Crippen LogP contribution in [0.5, 0.6) is 0 Å². The highest BCUT2D eigenvalue weighted by molar-refractivity contribution is 5.74. The van der Waals surface area contributed by atoms with E-state index in [2.05, 4.69) is 15.0 Å². The quantitative estimate of drug-likeness (QED) is 0.773. The number of para-hydroxylation sites is 2. The summed E-state index contributed by atoms with van der Waals surface area (Å²) in [6.45, 7) is 1.21. The first-order valence-corrected chi connectivity index (χ1v) is 8.19. The minimum absolute atomic E-state index is 0.219. The number of aromatic nitrogens is 3. The molecule has 4 rings (SSSR count). The summed E-state index contributed by atoms with van der Waals surface area (Å²) in [6, 6.07) is 9.30. The Hall–Kier alpha value is -2.38. The number of hydrogen-bond acceptors (Lipinski definition) is 4. The van der Waals surface area contributed by atoms with E-state index in [-0.39, 0.29) is 19.0 Å². The van der Waals surface area contributed by atoms with E-state index >= 15 is 0 Å². The van der Waals surface area contributed by atoms with Crippen molar-refractivity contribution in [2.24, 2.45) is 0 Å². The summed E-state index contributed by atoms with van der Waals surface area (Å²) in [4.78, 5) is 13.2. The highest BCUT2D eigenvalue weighted by atomic mass is 19.1. The van der Waals surface area contributed by atoms with E-state index in [0.717, 1.165) is 11.0 Å². The molecule has 5 nitrogen and oxygen atoms in total. The monoisotopic (exact) mass is 344 g/mol. The predicted octanol–water partition coefficient (Wildman–Crippen LogP) is 2.84.